The van der Waals surface area contributed by atoms with Gasteiger partial charge in [0, 0.05) is 35.7 Å². The molecule has 0 aliphatic carbocycles. The summed E-state index contributed by atoms with van der Waals surface area (Å²) < 4.78 is 5.49. The van der Waals surface area contributed by atoms with Gasteiger partial charge in [-0.15, -0.1) is 5.10 Å². The molecule has 6 heteroatoms. The predicted molar refractivity (Wildman–Crippen MR) is 121 cm³/mol. The molecule has 1 saturated heterocycles. The number of amides is 1. The van der Waals surface area contributed by atoms with Crippen molar-refractivity contribution in [1.29, 1.82) is 0 Å². The molecule has 0 bridgehead atoms. The first-order chi connectivity index (χ1) is 14.9. The van der Waals surface area contributed by atoms with Crippen LogP contribution in [-0.2, 0) is 0 Å². The summed E-state index contributed by atoms with van der Waals surface area (Å²) in [6.07, 6.45) is 0. The molecule has 4 rings (SSSR count). The minimum atomic E-state index is -0.0662. The van der Waals surface area contributed by atoms with Crippen LogP contribution in [0.15, 0.2) is 36.4 Å². The second kappa shape index (κ2) is 8.55. The van der Waals surface area contributed by atoms with Crippen molar-refractivity contribution in [2.75, 3.05) is 26.3 Å². The van der Waals surface area contributed by atoms with E-state index in [1.165, 1.54) is 11.1 Å². The first kappa shape index (κ1) is 21.1. The second-order valence-corrected chi connectivity index (χ2v) is 8.40. The monoisotopic (exact) mass is 419 g/mol. The molecule has 2 N–H and O–H groups in total. The topological polar surface area (TPSA) is 78.5 Å². The van der Waals surface area contributed by atoms with E-state index in [4.69, 9.17) is 9.84 Å². The lowest BCUT2D eigenvalue weighted by Gasteiger charge is -2.40. The number of aryl methyl sites for hydroxylation is 3. The van der Waals surface area contributed by atoms with Crippen LogP contribution in [0.4, 0.5) is 0 Å². The van der Waals surface area contributed by atoms with Crippen LogP contribution in [0, 0.1) is 27.7 Å². The number of likely N-dealkylation sites (tertiary alicyclic amines) is 1. The number of hydrogen-bond donors (Lipinski definition) is 2. The Kier molecular flexibility index (Phi) is 5.83. The van der Waals surface area contributed by atoms with E-state index < -0.39 is 0 Å². The van der Waals surface area contributed by atoms with E-state index in [1.54, 1.807) is 0 Å². The van der Waals surface area contributed by atoms with Gasteiger partial charge in [-0.05, 0) is 50.5 Å². The Morgan fingerprint density at radius 1 is 1.13 bits per heavy atom. The predicted octanol–water partition coefficient (Wildman–Crippen LogP) is 3.92. The van der Waals surface area contributed by atoms with Gasteiger partial charge in [0.2, 0.25) is 5.88 Å². The van der Waals surface area contributed by atoms with Gasteiger partial charge < -0.3 is 14.7 Å². The number of benzene rings is 2. The number of carbonyl (C=O) groups excluding carboxylic acids is 1. The molecule has 0 unspecified atom stereocenters. The van der Waals surface area contributed by atoms with Gasteiger partial charge in [-0.1, -0.05) is 35.9 Å². The Balaban J connectivity index is 1.55. The third-order valence-corrected chi connectivity index (χ3v) is 6.08. The van der Waals surface area contributed by atoms with Crippen molar-refractivity contribution in [2.24, 2.45) is 0 Å². The van der Waals surface area contributed by atoms with Crippen molar-refractivity contribution in [3.63, 3.8) is 0 Å². The molecule has 6 nitrogen and oxygen atoms in total. The van der Waals surface area contributed by atoms with E-state index in [0.717, 1.165) is 46.6 Å². The maximum atomic E-state index is 13.3. The number of nitrogens with zero attached hydrogens (tertiary/aromatic N) is 2. The third kappa shape index (κ3) is 4.08. The highest BCUT2D eigenvalue weighted by Crippen LogP contribution is 2.34. The summed E-state index contributed by atoms with van der Waals surface area (Å²) in [5, 5.41) is 16.3. The van der Waals surface area contributed by atoms with E-state index in [9.17, 15) is 4.79 Å². The number of carbonyl (C=O) groups is 1. The van der Waals surface area contributed by atoms with E-state index >= 15 is 0 Å². The van der Waals surface area contributed by atoms with Gasteiger partial charge in [0.05, 0.1) is 12.3 Å². The van der Waals surface area contributed by atoms with Crippen molar-refractivity contribution in [3.8, 4) is 17.1 Å². The lowest BCUT2D eigenvalue weighted by Crippen LogP contribution is -2.48. The Morgan fingerprint density at radius 2 is 1.84 bits per heavy atom. The van der Waals surface area contributed by atoms with Gasteiger partial charge in [0.15, 0.2) is 0 Å². The summed E-state index contributed by atoms with van der Waals surface area (Å²) in [5.41, 5.74) is 7.93. The number of aromatic nitrogens is 2. The first-order valence-electron chi connectivity index (χ1n) is 10.6. The highest BCUT2D eigenvalue weighted by atomic mass is 16.5. The Hall–Kier alpha value is -3.12. The number of aromatic amines is 1. The number of H-pyrrole nitrogens is 1. The van der Waals surface area contributed by atoms with Crippen LogP contribution in [0.25, 0.3) is 11.3 Å². The van der Waals surface area contributed by atoms with E-state index in [2.05, 4.69) is 41.4 Å². The van der Waals surface area contributed by atoms with E-state index in [1.807, 2.05) is 37.8 Å². The van der Waals surface area contributed by atoms with Gasteiger partial charge in [-0.2, -0.15) is 0 Å². The quantitative estimate of drug-likeness (QED) is 0.635. The number of aliphatic hydroxyl groups excluding tert-OH is 1. The molecule has 0 atom stereocenters. The SMILES string of the molecule is Cc1ccc(C2CN(C(=O)c3cc(-c4[nH]nc(OCCO)c4C)c(C)cc3C)C2)cc1. The molecule has 31 heavy (non-hydrogen) atoms. The van der Waals surface area contributed by atoms with E-state index in [-0.39, 0.29) is 19.1 Å². The molecule has 0 saturated carbocycles. The molecule has 1 aromatic heterocycles. The number of nitrogens with one attached hydrogen (secondary N) is 1. The normalized spacial score (nSPS) is 13.9. The fourth-order valence-corrected chi connectivity index (χ4v) is 4.14. The molecule has 1 aliphatic rings. The maximum Gasteiger partial charge on any atom is 0.254 e. The molecule has 1 aliphatic heterocycles. The van der Waals surface area contributed by atoms with Crippen LogP contribution >= 0.6 is 0 Å². The summed E-state index contributed by atoms with van der Waals surface area (Å²) in [5.74, 6) is 0.937. The zero-order chi connectivity index (χ0) is 22.1. The van der Waals surface area contributed by atoms with Crippen LogP contribution in [0.1, 0.15) is 44.1 Å². The van der Waals surface area contributed by atoms with Crippen LogP contribution in [0.3, 0.4) is 0 Å². The highest BCUT2D eigenvalue weighted by Gasteiger charge is 2.33. The number of hydrogen-bond acceptors (Lipinski definition) is 4. The van der Waals surface area contributed by atoms with Gasteiger partial charge in [0.1, 0.15) is 6.61 Å². The second-order valence-electron chi connectivity index (χ2n) is 8.40. The summed E-state index contributed by atoms with van der Waals surface area (Å²) in [6.45, 7) is 9.63. The molecule has 1 fully saturated rings. The average molecular weight is 420 g/mol. The minimum Gasteiger partial charge on any atom is -0.474 e. The zero-order valence-electron chi connectivity index (χ0n) is 18.5. The first-order valence-corrected chi connectivity index (χ1v) is 10.6. The lowest BCUT2D eigenvalue weighted by atomic mass is 9.89. The van der Waals surface area contributed by atoms with Gasteiger partial charge in [0.25, 0.3) is 5.91 Å². The molecule has 2 heterocycles. The standard InChI is InChI=1S/C25H29N3O3/c1-15-5-7-19(8-6-15)20-13-28(14-20)25(30)22-12-21(16(2)11-17(22)3)23-18(4)24(27-26-23)31-10-9-29/h5-8,11-12,20,29H,9-10,13-14H2,1-4H3,(H,26,27). The molecular weight excluding hydrogens is 390 g/mol. The van der Waals surface area contributed by atoms with Crippen molar-refractivity contribution < 1.29 is 14.6 Å². The van der Waals surface area contributed by atoms with Crippen molar-refractivity contribution in [2.45, 2.75) is 33.6 Å². The number of aliphatic hydroxyl groups is 1. The molecule has 1 amide bonds. The molecule has 162 valence electrons. The molecule has 2 aromatic carbocycles. The minimum absolute atomic E-state index is 0.0658. The molecule has 0 radical (unpaired) electrons. The Labute approximate surface area is 182 Å². The maximum absolute atomic E-state index is 13.3. The average Bonchev–Trinajstić information content (AvgIpc) is 3.07. The number of ether oxygens (including phenoxy) is 1. The lowest BCUT2D eigenvalue weighted by molar-refractivity contribution is 0.0601. The Morgan fingerprint density at radius 3 is 2.52 bits per heavy atom. The Bertz CT molecular complexity index is 1100. The number of rotatable bonds is 6. The molecular formula is C25H29N3O3. The summed E-state index contributed by atoms with van der Waals surface area (Å²) in [4.78, 5) is 15.2. The molecule has 3 aromatic rings. The van der Waals surface area contributed by atoms with Crippen LogP contribution in [-0.4, -0.2) is 52.4 Å². The van der Waals surface area contributed by atoms with Crippen molar-refractivity contribution in [3.05, 3.63) is 69.8 Å². The van der Waals surface area contributed by atoms with E-state index in [0.29, 0.717) is 11.8 Å². The van der Waals surface area contributed by atoms with Gasteiger partial charge in [-0.3, -0.25) is 9.89 Å². The smallest absolute Gasteiger partial charge is 0.254 e. The summed E-state index contributed by atoms with van der Waals surface area (Å²) >= 11 is 0. The highest BCUT2D eigenvalue weighted by molar-refractivity contribution is 5.98. The van der Waals surface area contributed by atoms with Crippen molar-refractivity contribution in [1.82, 2.24) is 15.1 Å². The third-order valence-electron chi connectivity index (χ3n) is 6.08. The summed E-state index contributed by atoms with van der Waals surface area (Å²) in [6, 6.07) is 12.6. The van der Waals surface area contributed by atoms with Gasteiger partial charge >= 0.3 is 0 Å². The fraction of sp³-hybridized carbons (Fsp3) is 0.360. The summed E-state index contributed by atoms with van der Waals surface area (Å²) in [7, 11) is 0. The molecule has 0 spiro atoms. The van der Waals surface area contributed by atoms with Crippen LogP contribution in [0.2, 0.25) is 0 Å². The van der Waals surface area contributed by atoms with Crippen molar-refractivity contribution >= 4 is 5.91 Å². The fourth-order valence-electron chi connectivity index (χ4n) is 4.14. The zero-order valence-corrected chi connectivity index (χ0v) is 18.5. The van der Waals surface area contributed by atoms with Crippen LogP contribution < -0.4 is 4.74 Å². The largest absolute Gasteiger partial charge is 0.474 e. The van der Waals surface area contributed by atoms with Crippen LogP contribution in [0.5, 0.6) is 5.88 Å². The van der Waals surface area contributed by atoms with Gasteiger partial charge in [-0.25, -0.2) is 0 Å².